The lowest BCUT2D eigenvalue weighted by atomic mass is 9.99. The summed E-state index contributed by atoms with van der Waals surface area (Å²) in [5.41, 5.74) is 3.41. The fourth-order valence-electron chi connectivity index (χ4n) is 4.27. The van der Waals surface area contributed by atoms with E-state index in [0.29, 0.717) is 25.7 Å². The number of para-hydroxylation sites is 2. The van der Waals surface area contributed by atoms with Gasteiger partial charge in [-0.25, -0.2) is 4.98 Å². The molecule has 0 aliphatic rings. The molecule has 0 saturated heterocycles. The molecule has 0 aliphatic carbocycles. The topological polar surface area (TPSA) is 36.3 Å². The minimum absolute atomic E-state index is 0.399. The Bertz CT molecular complexity index is 1390. The summed E-state index contributed by atoms with van der Waals surface area (Å²) in [5.74, 6) is 3.20. The zero-order valence-electron chi connectivity index (χ0n) is 19.8. The summed E-state index contributed by atoms with van der Waals surface area (Å²) in [5, 5.41) is 2.37. The van der Waals surface area contributed by atoms with Gasteiger partial charge in [0.1, 0.15) is 30.5 Å². The van der Waals surface area contributed by atoms with Crippen molar-refractivity contribution < 1.29 is 9.47 Å². The summed E-state index contributed by atoms with van der Waals surface area (Å²) in [4.78, 5) is 4.84. The third-order valence-corrected chi connectivity index (χ3v) is 6.47. The van der Waals surface area contributed by atoms with Gasteiger partial charge in [-0.1, -0.05) is 68.4 Å². The van der Waals surface area contributed by atoms with Crippen LogP contribution in [0.1, 0.15) is 37.6 Å². The second-order valence-corrected chi connectivity index (χ2v) is 8.69. The molecule has 0 bridgehead atoms. The number of rotatable bonds is 9. The van der Waals surface area contributed by atoms with Crippen molar-refractivity contribution >= 4 is 21.8 Å². The van der Waals surface area contributed by atoms with Crippen LogP contribution < -0.4 is 9.47 Å². The highest BCUT2D eigenvalue weighted by Gasteiger charge is 2.12. The molecule has 0 fully saturated rings. The van der Waals surface area contributed by atoms with Crippen LogP contribution in [0.5, 0.6) is 11.5 Å². The first-order valence-electron chi connectivity index (χ1n) is 12.0. The number of aromatic nitrogens is 2. The van der Waals surface area contributed by atoms with Crippen LogP contribution >= 0.6 is 0 Å². The maximum atomic E-state index is 6.16. The molecule has 4 nitrogen and oxygen atoms in total. The molecule has 1 unspecified atom stereocenters. The molecule has 0 aliphatic heterocycles. The average molecular weight is 451 g/mol. The maximum absolute atomic E-state index is 6.16. The van der Waals surface area contributed by atoms with Crippen LogP contribution in [-0.4, -0.2) is 16.2 Å². The van der Waals surface area contributed by atoms with Crippen LogP contribution in [0.25, 0.3) is 21.8 Å². The molecule has 0 saturated carbocycles. The summed E-state index contributed by atoms with van der Waals surface area (Å²) in [6, 6.07) is 31.2. The van der Waals surface area contributed by atoms with Crippen molar-refractivity contribution in [2.24, 2.45) is 0 Å². The van der Waals surface area contributed by atoms with Crippen molar-refractivity contribution in [3.63, 3.8) is 0 Å². The lowest BCUT2D eigenvalue weighted by Gasteiger charge is -2.13. The summed E-state index contributed by atoms with van der Waals surface area (Å²) < 4.78 is 14.4. The molecular formula is C30H30N2O2. The highest BCUT2D eigenvalue weighted by Crippen LogP contribution is 2.24. The lowest BCUT2D eigenvalue weighted by molar-refractivity contribution is 0.272. The van der Waals surface area contributed by atoms with Gasteiger partial charge in [0, 0.05) is 0 Å². The van der Waals surface area contributed by atoms with Gasteiger partial charge >= 0.3 is 0 Å². The first-order chi connectivity index (χ1) is 16.7. The Kier molecular flexibility index (Phi) is 6.48. The average Bonchev–Trinajstić information content (AvgIpc) is 3.24. The SMILES string of the molecule is CCC(C)c1ccc(OCCn2c(COc3ccc4ccccc4c3)nc3ccccc32)cc1. The van der Waals surface area contributed by atoms with Gasteiger partial charge in [-0.15, -0.1) is 0 Å². The Hall–Kier alpha value is -3.79. The van der Waals surface area contributed by atoms with Gasteiger partial charge in [-0.3, -0.25) is 0 Å². The van der Waals surface area contributed by atoms with E-state index in [1.54, 1.807) is 0 Å². The van der Waals surface area contributed by atoms with Crippen molar-refractivity contribution in [1.82, 2.24) is 9.55 Å². The molecule has 0 N–H and O–H groups in total. The van der Waals surface area contributed by atoms with Crippen molar-refractivity contribution in [1.29, 1.82) is 0 Å². The Morgan fingerprint density at radius 1 is 0.794 bits per heavy atom. The van der Waals surface area contributed by atoms with Crippen molar-refractivity contribution in [2.45, 2.75) is 39.3 Å². The number of ether oxygens (including phenoxy) is 2. The minimum atomic E-state index is 0.399. The molecule has 0 amide bonds. The van der Waals surface area contributed by atoms with Gasteiger partial charge in [0.05, 0.1) is 17.6 Å². The van der Waals surface area contributed by atoms with Crippen LogP contribution in [0.4, 0.5) is 0 Å². The predicted molar refractivity (Wildman–Crippen MR) is 139 cm³/mol. The number of hydrogen-bond donors (Lipinski definition) is 0. The van der Waals surface area contributed by atoms with E-state index in [9.17, 15) is 0 Å². The molecule has 5 rings (SSSR count). The van der Waals surface area contributed by atoms with Crippen LogP contribution in [-0.2, 0) is 13.2 Å². The highest BCUT2D eigenvalue weighted by atomic mass is 16.5. The lowest BCUT2D eigenvalue weighted by Crippen LogP contribution is -2.13. The van der Waals surface area contributed by atoms with E-state index in [2.05, 4.69) is 73.0 Å². The molecular weight excluding hydrogens is 420 g/mol. The number of nitrogens with zero attached hydrogens (tertiary/aromatic N) is 2. The van der Waals surface area contributed by atoms with Crippen LogP contribution in [0.3, 0.4) is 0 Å². The van der Waals surface area contributed by atoms with Gasteiger partial charge in [-0.05, 0) is 65.1 Å². The largest absolute Gasteiger partial charge is 0.492 e. The number of fused-ring (bicyclic) bond motifs is 2. The standard InChI is InChI=1S/C30H30N2O2/c1-3-22(2)23-12-15-26(16-13-23)33-19-18-32-29-11-7-6-10-28(29)31-30(32)21-34-27-17-14-24-8-4-5-9-25(24)20-27/h4-17,20,22H,3,18-19,21H2,1-2H3. The van der Waals surface area contributed by atoms with Crippen LogP contribution in [0.15, 0.2) is 91.0 Å². The smallest absolute Gasteiger partial charge is 0.148 e. The molecule has 1 heterocycles. The fourth-order valence-corrected chi connectivity index (χ4v) is 4.27. The highest BCUT2D eigenvalue weighted by molar-refractivity contribution is 5.83. The maximum Gasteiger partial charge on any atom is 0.148 e. The third-order valence-electron chi connectivity index (χ3n) is 6.47. The van der Waals surface area contributed by atoms with Gasteiger partial charge < -0.3 is 14.0 Å². The Morgan fingerprint density at radius 2 is 1.53 bits per heavy atom. The normalized spacial score (nSPS) is 12.2. The summed E-state index contributed by atoms with van der Waals surface area (Å²) in [6.07, 6.45) is 1.14. The Balaban J connectivity index is 1.29. The molecule has 0 spiro atoms. The molecule has 4 aromatic carbocycles. The van der Waals surface area contributed by atoms with E-state index in [0.717, 1.165) is 34.8 Å². The van der Waals surface area contributed by atoms with E-state index >= 15 is 0 Å². The zero-order chi connectivity index (χ0) is 23.3. The predicted octanol–water partition coefficient (Wildman–Crippen LogP) is 7.36. The van der Waals surface area contributed by atoms with E-state index in [1.165, 1.54) is 16.3 Å². The first kappa shape index (κ1) is 22.0. The third kappa shape index (κ3) is 4.76. The van der Waals surface area contributed by atoms with Crippen molar-refractivity contribution in [2.75, 3.05) is 6.61 Å². The molecule has 5 aromatic rings. The van der Waals surface area contributed by atoms with E-state index in [-0.39, 0.29) is 0 Å². The first-order valence-corrected chi connectivity index (χ1v) is 12.0. The number of imidazole rings is 1. The second kappa shape index (κ2) is 10.0. The molecule has 4 heteroatoms. The van der Waals surface area contributed by atoms with Gasteiger partial charge in [0.25, 0.3) is 0 Å². The van der Waals surface area contributed by atoms with Gasteiger partial charge in [-0.2, -0.15) is 0 Å². The van der Waals surface area contributed by atoms with E-state index in [4.69, 9.17) is 14.5 Å². The van der Waals surface area contributed by atoms with Gasteiger partial charge in [0.2, 0.25) is 0 Å². The van der Waals surface area contributed by atoms with E-state index < -0.39 is 0 Å². The minimum Gasteiger partial charge on any atom is -0.492 e. The summed E-state index contributed by atoms with van der Waals surface area (Å²) in [7, 11) is 0. The number of hydrogen-bond acceptors (Lipinski definition) is 3. The molecule has 1 atom stereocenters. The quantitative estimate of drug-likeness (QED) is 0.235. The van der Waals surface area contributed by atoms with E-state index in [1.807, 2.05) is 36.4 Å². The summed E-state index contributed by atoms with van der Waals surface area (Å²) in [6.45, 7) is 6.13. The Morgan fingerprint density at radius 3 is 2.35 bits per heavy atom. The Labute approximate surface area is 200 Å². The molecule has 34 heavy (non-hydrogen) atoms. The van der Waals surface area contributed by atoms with Crippen molar-refractivity contribution in [3.05, 3.63) is 102 Å². The molecule has 1 aromatic heterocycles. The molecule has 172 valence electrons. The van der Waals surface area contributed by atoms with Gasteiger partial charge in [0.15, 0.2) is 0 Å². The number of benzene rings is 4. The van der Waals surface area contributed by atoms with Crippen molar-refractivity contribution in [3.8, 4) is 11.5 Å². The second-order valence-electron chi connectivity index (χ2n) is 8.69. The zero-order valence-corrected chi connectivity index (χ0v) is 19.8. The summed E-state index contributed by atoms with van der Waals surface area (Å²) >= 11 is 0. The van der Waals surface area contributed by atoms with Crippen LogP contribution in [0.2, 0.25) is 0 Å². The fraction of sp³-hybridized carbons (Fsp3) is 0.233. The van der Waals surface area contributed by atoms with Crippen LogP contribution in [0, 0.1) is 0 Å². The molecule has 0 radical (unpaired) electrons. The monoisotopic (exact) mass is 450 g/mol.